The lowest BCUT2D eigenvalue weighted by Gasteiger charge is -2.33. The van der Waals surface area contributed by atoms with E-state index in [1.807, 2.05) is 41.7 Å². The molecule has 1 N–H and O–H groups in total. The summed E-state index contributed by atoms with van der Waals surface area (Å²) in [5.74, 6) is 0.943. The van der Waals surface area contributed by atoms with Gasteiger partial charge in [0.25, 0.3) is 5.91 Å². The first-order chi connectivity index (χ1) is 11.3. The number of halogens is 2. The SMILES string of the molecule is CNC1CCCN(C(=O)c2ccccc2SCc2cscn2)C1.Cl.Cl. The quantitative estimate of drug-likeness (QED) is 0.740. The van der Waals surface area contributed by atoms with Crippen LogP contribution in [0.3, 0.4) is 0 Å². The molecular weight excluding hydrogens is 397 g/mol. The van der Waals surface area contributed by atoms with Crippen molar-refractivity contribution >= 4 is 53.8 Å². The molecule has 1 aliphatic heterocycles. The van der Waals surface area contributed by atoms with E-state index in [-0.39, 0.29) is 30.7 Å². The third-order valence-corrected chi connectivity index (χ3v) is 5.84. The van der Waals surface area contributed by atoms with Crippen LogP contribution >= 0.6 is 47.9 Å². The molecule has 4 nitrogen and oxygen atoms in total. The van der Waals surface area contributed by atoms with Crippen LogP contribution in [-0.4, -0.2) is 42.0 Å². The number of hydrogen-bond donors (Lipinski definition) is 1. The van der Waals surface area contributed by atoms with Crippen molar-refractivity contribution in [1.82, 2.24) is 15.2 Å². The Morgan fingerprint density at radius 1 is 1.40 bits per heavy atom. The Bertz CT molecular complexity index is 655. The number of carbonyl (C=O) groups is 1. The van der Waals surface area contributed by atoms with Gasteiger partial charge in [-0.2, -0.15) is 0 Å². The van der Waals surface area contributed by atoms with Gasteiger partial charge in [-0.05, 0) is 32.0 Å². The number of carbonyl (C=O) groups excluding carboxylic acids is 1. The third-order valence-electron chi connectivity index (χ3n) is 4.09. The van der Waals surface area contributed by atoms with Crippen LogP contribution in [0.2, 0.25) is 0 Å². The Morgan fingerprint density at radius 2 is 2.20 bits per heavy atom. The minimum atomic E-state index is 0. The average Bonchev–Trinajstić information content (AvgIpc) is 3.13. The molecule has 0 bridgehead atoms. The monoisotopic (exact) mass is 419 g/mol. The van der Waals surface area contributed by atoms with Crippen LogP contribution in [0.15, 0.2) is 40.1 Å². The smallest absolute Gasteiger partial charge is 0.255 e. The van der Waals surface area contributed by atoms with Gasteiger partial charge in [-0.3, -0.25) is 4.79 Å². The zero-order valence-electron chi connectivity index (χ0n) is 14.0. The maximum atomic E-state index is 12.9. The highest BCUT2D eigenvalue weighted by Gasteiger charge is 2.24. The van der Waals surface area contributed by atoms with E-state index in [0.29, 0.717) is 6.04 Å². The second-order valence-corrected chi connectivity index (χ2v) is 7.38. The summed E-state index contributed by atoms with van der Waals surface area (Å²) in [6.07, 6.45) is 2.20. The molecule has 8 heteroatoms. The summed E-state index contributed by atoms with van der Waals surface area (Å²) in [6.45, 7) is 1.64. The van der Waals surface area contributed by atoms with Crippen molar-refractivity contribution in [3.63, 3.8) is 0 Å². The summed E-state index contributed by atoms with van der Waals surface area (Å²) in [5, 5.41) is 5.35. The molecule has 1 amide bonds. The minimum absolute atomic E-state index is 0. The van der Waals surface area contributed by atoms with Crippen molar-refractivity contribution in [2.75, 3.05) is 20.1 Å². The zero-order chi connectivity index (χ0) is 16.1. The van der Waals surface area contributed by atoms with Gasteiger partial charge in [-0.15, -0.1) is 47.9 Å². The number of amides is 1. The maximum absolute atomic E-state index is 12.9. The van der Waals surface area contributed by atoms with E-state index in [1.54, 1.807) is 23.1 Å². The molecule has 0 spiro atoms. The van der Waals surface area contributed by atoms with Crippen LogP contribution in [0.4, 0.5) is 0 Å². The van der Waals surface area contributed by atoms with Crippen molar-refractivity contribution < 1.29 is 4.79 Å². The van der Waals surface area contributed by atoms with Gasteiger partial charge in [0.05, 0.1) is 16.8 Å². The molecule has 1 atom stereocenters. The van der Waals surface area contributed by atoms with Crippen LogP contribution in [0.5, 0.6) is 0 Å². The largest absolute Gasteiger partial charge is 0.337 e. The van der Waals surface area contributed by atoms with Gasteiger partial charge < -0.3 is 10.2 Å². The fourth-order valence-electron chi connectivity index (χ4n) is 2.80. The van der Waals surface area contributed by atoms with Gasteiger partial charge >= 0.3 is 0 Å². The van der Waals surface area contributed by atoms with E-state index in [1.165, 1.54) is 0 Å². The van der Waals surface area contributed by atoms with Crippen LogP contribution in [-0.2, 0) is 5.75 Å². The summed E-state index contributed by atoms with van der Waals surface area (Å²) in [4.78, 5) is 20.2. The average molecular weight is 420 g/mol. The number of aromatic nitrogens is 1. The molecule has 1 unspecified atom stereocenters. The van der Waals surface area contributed by atoms with Gasteiger partial charge in [0.15, 0.2) is 0 Å². The molecule has 0 radical (unpaired) electrons. The van der Waals surface area contributed by atoms with E-state index in [0.717, 1.165) is 47.8 Å². The van der Waals surface area contributed by atoms with Crippen LogP contribution in [0, 0.1) is 0 Å². The van der Waals surface area contributed by atoms with E-state index in [2.05, 4.69) is 15.7 Å². The molecule has 1 aliphatic rings. The van der Waals surface area contributed by atoms with Gasteiger partial charge in [0, 0.05) is 35.2 Å². The normalized spacial score (nSPS) is 16.7. The van der Waals surface area contributed by atoms with E-state index in [4.69, 9.17) is 0 Å². The number of nitrogens with zero attached hydrogens (tertiary/aromatic N) is 2. The molecule has 2 heterocycles. The number of likely N-dealkylation sites (N-methyl/N-ethyl adjacent to an activating group) is 1. The van der Waals surface area contributed by atoms with Crippen LogP contribution < -0.4 is 5.32 Å². The first kappa shape index (κ1) is 22.3. The molecule has 0 aliphatic carbocycles. The van der Waals surface area contributed by atoms with Gasteiger partial charge in [0.1, 0.15) is 0 Å². The van der Waals surface area contributed by atoms with Crippen molar-refractivity contribution in [3.8, 4) is 0 Å². The van der Waals surface area contributed by atoms with E-state index in [9.17, 15) is 4.79 Å². The van der Waals surface area contributed by atoms with Crippen LogP contribution in [0.1, 0.15) is 28.9 Å². The van der Waals surface area contributed by atoms with E-state index < -0.39 is 0 Å². The molecule has 0 saturated carbocycles. The van der Waals surface area contributed by atoms with Crippen molar-refractivity contribution in [2.24, 2.45) is 0 Å². The highest BCUT2D eigenvalue weighted by Crippen LogP contribution is 2.27. The Labute approximate surface area is 169 Å². The number of likely N-dealkylation sites (tertiary alicyclic amines) is 1. The summed E-state index contributed by atoms with van der Waals surface area (Å²) < 4.78 is 0. The topological polar surface area (TPSA) is 45.2 Å². The fourth-order valence-corrected chi connectivity index (χ4v) is 4.41. The van der Waals surface area contributed by atoms with Gasteiger partial charge in [-0.25, -0.2) is 4.98 Å². The molecule has 1 saturated heterocycles. The Balaban J connectivity index is 0.00000156. The number of nitrogens with one attached hydrogen (secondary N) is 1. The lowest BCUT2D eigenvalue weighted by atomic mass is 10.0. The molecular formula is C17H23Cl2N3OS2. The van der Waals surface area contributed by atoms with Crippen LogP contribution in [0.25, 0.3) is 0 Å². The Morgan fingerprint density at radius 3 is 2.92 bits per heavy atom. The molecule has 3 rings (SSSR count). The predicted molar refractivity (Wildman–Crippen MR) is 111 cm³/mol. The van der Waals surface area contributed by atoms with E-state index >= 15 is 0 Å². The number of benzene rings is 1. The predicted octanol–water partition coefficient (Wildman–Crippen LogP) is 4.10. The standard InChI is InChI=1S/C17H21N3OS2.2ClH/c1-18-13-5-4-8-20(9-13)17(21)15-6-2-3-7-16(15)23-11-14-10-22-12-19-14;;/h2-3,6-7,10,12-13,18H,4-5,8-9,11H2,1H3;2*1H. The van der Waals surface area contributed by atoms with Gasteiger partial charge in [-0.1, -0.05) is 12.1 Å². The summed E-state index contributed by atoms with van der Waals surface area (Å²) in [6, 6.07) is 8.31. The summed E-state index contributed by atoms with van der Waals surface area (Å²) in [5.41, 5.74) is 3.72. The lowest BCUT2D eigenvalue weighted by Crippen LogP contribution is -2.47. The second-order valence-electron chi connectivity index (χ2n) is 5.64. The molecule has 25 heavy (non-hydrogen) atoms. The Hall–Kier alpha value is -0.790. The number of thiazole rings is 1. The Kier molecular flexibility index (Phi) is 9.82. The number of piperidine rings is 1. The summed E-state index contributed by atoms with van der Waals surface area (Å²) >= 11 is 3.29. The second kappa shape index (κ2) is 11.0. The highest BCUT2D eigenvalue weighted by molar-refractivity contribution is 7.98. The fraction of sp³-hybridized carbons (Fsp3) is 0.412. The summed E-state index contributed by atoms with van der Waals surface area (Å²) in [7, 11) is 1.97. The van der Waals surface area contributed by atoms with Gasteiger partial charge in [0.2, 0.25) is 0 Å². The number of rotatable bonds is 5. The van der Waals surface area contributed by atoms with Crippen molar-refractivity contribution in [1.29, 1.82) is 0 Å². The van der Waals surface area contributed by atoms with Crippen molar-refractivity contribution in [3.05, 3.63) is 46.4 Å². The maximum Gasteiger partial charge on any atom is 0.255 e. The first-order valence-electron chi connectivity index (χ1n) is 7.83. The number of hydrogen-bond acceptors (Lipinski definition) is 5. The minimum Gasteiger partial charge on any atom is -0.337 e. The zero-order valence-corrected chi connectivity index (χ0v) is 17.3. The molecule has 138 valence electrons. The molecule has 1 aromatic heterocycles. The molecule has 1 fully saturated rings. The van der Waals surface area contributed by atoms with Crippen molar-refractivity contribution in [2.45, 2.75) is 29.5 Å². The number of thioether (sulfide) groups is 1. The molecule has 1 aromatic carbocycles. The lowest BCUT2D eigenvalue weighted by molar-refractivity contribution is 0.0694. The molecule has 2 aromatic rings. The highest BCUT2D eigenvalue weighted by atomic mass is 35.5. The first-order valence-corrected chi connectivity index (χ1v) is 9.76. The third kappa shape index (κ3) is 5.86.